The number of ether oxygens (including phenoxy) is 2. The Balaban J connectivity index is 2.22. The highest BCUT2D eigenvalue weighted by Gasteiger charge is 2.38. The Hall–Kier alpha value is -0.970. The van der Waals surface area contributed by atoms with Crippen LogP contribution >= 0.6 is 0 Å². The fourth-order valence-corrected chi connectivity index (χ4v) is 2.37. The first kappa shape index (κ1) is 13.5. The molecule has 0 amide bonds. The fraction of sp³-hybridized carbons (Fsp3) is 0.571. The third-order valence-corrected chi connectivity index (χ3v) is 3.22. The molecule has 100 valence electrons. The van der Waals surface area contributed by atoms with Crippen molar-refractivity contribution >= 4 is 0 Å². The molecule has 0 aromatic heterocycles. The molecule has 0 aliphatic carbocycles. The predicted octanol–water partition coefficient (Wildman–Crippen LogP) is 2.44. The second-order valence-electron chi connectivity index (χ2n) is 5.01. The van der Waals surface area contributed by atoms with Gasteiger partial charge in [-0.2, -0.15) is 0 Å². The summed E-state index contributed by atoms with van der Waals surface area (Å²) in [6.45, 7) is 4.10. The van der Waals surface area contributed by atoms with Crippen LogP contribution in [-0.2, 0) is 9.47 Å². The van der Waals surface area contributed by atoms with E-state index in [2.05, 4.69) is 0 Å². The molecule has 0 bridgehead atoms. The van der Waals surface area contributed by atoms with E-state index in [0.29, 0.717) is 18.6 Å². The minimum absolute atomic E-state index is 0.000705. The summed E-state index contributed by atoms with van der Waals surface area (Å²) in [6.07, 6.45) is 0.245. The Morgan fingerprint density at radius 1 is 1.44 bits per heavy atom. The van der Waals surface area contributed by atoms with Gasteiger partial charge in [0.1, 0.15) is 5.82 Å². The van der Waals surface area contributed by atoms with E-state index in [9.17, 15) is 4.39 Å². The van der Waals surface area contributed by atoms with Crippen molar-refractivity contribution in [1.82, 2.24) is 0 Å². The normalized spacial score (nSPS) is 24.1. The summed E-state index contributed by atoms with van der Waals surface area (Å²) in [6, 6.07) is 6.62. The van der Waals surface area contributed by atoms with Gasteiger partial charge in [0.15, 0.2) is 5.79 Å². The number of hydrogen-bond donors (Lipinski definition) is 1. The van der Waals surface area contributed by atoms with E-state index in [4.69, 9.17) is 14.6 Å². The van der Waals surface area contributed by atoms with Crippen molar-refractivity contribution in [3.63, 3.8) is 0 Å². The topological polar surface area (TPSA) is 38.7 Å². The molecule has 1 aromatic carbocycles. The molecular formula is C14H19FO3. The van der Waals surface area contributed by atoms with Crippen molar-refractivity contribution in [1.29, 1.82) is 0 Å². The van der Waals surface area contributed by atoms with Crippen LogP contribution in [0, 0.1) is 5.82 Å². The van der Waals surface area contributed by atoms with E-state index in [-0.39, 0.29) is 24.4 Å². The summed E-state index contributed by atoms with van der Waals surface area (Å²) < 4.78 is 25.1. The lowest BCUT2D eigenvalue weighted by molar-refractivity contribution is -0.141. The van der Waals surface area contributed by atoms with Gasteiger partial charge in [-0.05, 0) is 31.9 Å². The molecule has 2 atom stereocenters. The zero-order valence-electron chi connectivity index (χ0n) is 10.7. The molecule has 3 nitrogen and oxygen atoms in total. The molecule has 2 rings (SSSR count). The molecule has 18 heavy (non-hydrogen) atoms. The number of benzene rings is 1. The third kappa shape index (κ3) is 2.88. The number of aliphatic hydroxyl groups excluding tert-OH is 1. The molecule has 1 heterocycles. The van der Waals surface area contributed by atoms with Crippen LogP contribution < -0.4 is 0 Å². The largest absolute Gasteiger partial charge is 0.396 e. The van der Waals surface area contributed by atoms with Crippen molar-refractivity contribution in [2.24, 2.45) is 0 Å². The summed E-state index contributed by atoms with van der Waals surface area (Å²) in [7, 11) is 0. The van der Waals surface area contributed by atoms with Gasteiger partial charge in [0.25, 0.3) is 0 Å². The predicted molar refractivity (Wildman–Crippen MR) is 65.7 cm³/mol. The third-order valence-electron chi connectivity index (χ3n) is 3.22. The quantitative estimate of drug-likeness (QED) is 0.897. The minimum atomic E-state index is -0.635. The molecule has 1 N–H and O–H groups in total. The van der Waals surface area contributed by atoms with Gasteiger partial charge < -0.3 is 14.6 Å². The van der Waals surface area contributed by atoms with Crippen molar-refractivity contribution in [2.45, 2.75) is 38.1 Å². The van der Waals surface area contributed by atoms with Crippen LogP contribution in [0.4, 0.5) is 4.39 Å². The summed E-state index contributed by atoms with van der Waals surface area (Å²) in [5, 5.41) is 9.16. The molecule has 1 aliphatic rings. The summed E-state index contributed by atoms with van der Waals surface area (Å²) >= 11 is 0. The first-order valence-corrected chi connectivity index (χ1v) is 6.20. The molecule has 0 spiro atoms. The van der Waals surface area contributed by atoms with Crippen LogP contribution in [0.5, 0.6) is 0 Å². The van der Waals surface area contributed by atoms with E-state index < -0.39 is 5.79 Å². The Kier molecular flexibility index (Phi) is 4.00. The zero-order chi connectivity index (χ0) is 13.2. The Labute approximate surface area is 107 Å². The van der Waals surface area contributed by atoms with E-state index in [1.807, 2.05) is 13.8 Å². The van der Waals surface area contributed by atoms with Crippen molar-refractivity contribution < 1.29 is 19.0 Å². The van der Waals surface area contributed by atoms with Crippen LogP contribution in [0.15, 0.2) is 24.3 Å². The average molecular weight is 254 g/mol. The molecule has 0 saturated carbocycles. The Morgan fingerprint density at radius 3 is 2.72 bits per heavy atom. The number of rotatable bonds is 4. The Morgan fingerprint density at radius 2 is 2.17 bits per heavy atom. The van der Waals surface area contributed by atoms with Crippen LogP contribution in [-0.4, -0.2) is 30.2 Å². The second kappa shape index (κ2) is 5.34. The molecular weight excluding hydrogens is 235 g/mol. The fourth-order valence-electron chi connectivity index (χ4n) is 2.37. The van der Waals surface area contributed by atoms with Gasteiger partial charge in [0, 0.05) is 12.5 Å². The first-order valence-electron chi connectivity index (χ1n) is 6.20. The molecule has 0 radical (unpaired) electrons. The van der Waals surface area contributed by atoms with E-state index in [1.165, 1.54) is 6.07 Å². The van der Waals surface area contributed by atoms with Crippen LogP contribution in [0.2, 0.25) is 0 Å². The van der Waals surface area contributed by atoms with Crippen LogP contribution in [0.3, 0.4) is 0 Å². The number of hydrogen-bond acceptors (Lipinski definition) is 3. The molecule has 2 unspecified atom stereocenters. The zero-order valence-corrected chi connectivity index (χ0v) is 10.7. The molecule has 1 saturated heterocycles. The molecule has 1 aliphatic heterocycles. The van der Waals surface area contributed by atoms with Gasteiger partial charge in [0.2, 0.25) is 0 Å². The standard InChI is InChI=1S/C14H19FO3/c1-14(2)17-9-13(18-14)11(7-8-16)10-5-3-4-6-12(10)15/h3-6,11,13,16H,7-9H2,1-2H3. The van der Waals surface area contributed by atoms with E-state index in [1.54, 1.807) is 18.2 Å². The second-order valence-corrected chi connectivity index (χ2v) is 5.01. The van der Waals surface area contributed by atoms with E-state index >= 15 is 0 Å². The smallest absolute Gasteiger partial charge is 0.163 e. The molecule has 1 aromatic rings. The van der Waals surface area contributed by atoms with Gasteiger partial charge in [0.05, 0.1) is 12.7 Å². The van der Waals surface area contributed by atoms with Gasteiger partial charge in [-0.25, -0.2) is 4.39 Å². The van der Waals surface area contributed by atoms with Gasteiger partial charge in [-0.15, -0.1) is 0 Å². The van der Waals surface area contributed by atoms with Gasteiger partial charge >= 0.3 is 0 Å². The van der Waals surface area contributed by atoms with Gasteiger partial charge in [-0.3, -0.25) is 0 Å². The monoisotopic (exact) mass is 254 g/mol. The number of aliphatic hydroxyl groups is 1. The lowest BCUT2D eigenvalue weighted by atomic mass is 9.90. The average Bonchev–Trinajstić information content (AvgIpc) is 2.68. The van der Waals surface area contributed by atoms with Crippen LogP contribution in [0.1, 0.15) is 31.7 Å². The number of halogens is 1. The molecule has 4 heteroatoms. The first-order chi connectivity index (χ1) is 8.53. The Bertz CT molecular complexity index is 406. The maximum absolute atomic E-state index is 13.8. The maximum Gasteiger partial charge on any atom is 0.163 e. The highest BCUT2D eigenvalue weighted by Crippen LogP contribution is 2.34. The van der Waals surface area contributed by atoms with Crippen molar-refractivity contribution in [2.75, 3.05) is 13.2 Å². The van der Waals surface area contributed by atoms with Gasteiger partial charge in [-0.1, -0.05) is 18.2 Å². The molecule has 1 fully saturated rings. The summed E-state index contributed by atoms with van der Waals surface area (Å²) in [5.74, 6) is -1.08. The van der Waals surface area contributed by atoms with E-state index in [0.717, 1.165) is 0 Å². The summed E-state index contributed by atoms with van der Waals surface area (Å²) in [4.78, 5) is 0. The highest BCUT2D eigenvalue weighted by atomic mass is 19.1. The summed E-state index contributed by atoms with van der Waals surface area (Å²) in [5.41, 5.74) is 0.581. The van der Waals surface area contributed by atoms with Crippen molar-refractivity contribution in [3.05, 3.63) is 35.6 Å². The SMILES string of the molecule is CC1(C)OCC(C(CCO)c2ccccc2F)O1. The lowest BCUT2D eigenvalue weighted by Gasteiger charge is -2.24. The van der Waals surface area contributed by atoms with Crippen molar-refractivity contribution in [3.8, 4) is 0 Å². The highest BCUT2D eigenvalue weighted by molar-refractivity contribution is 5.23. The lowest BCUT2D eigenvalue weighted by Crippen LogP contribution is -2.26. The maximum atomic E-state index is 13.8. The van der Waals surface area contributed by atoms with Crippen LogP contribution in [0.25, 0.3) is 0 Å². The minimum Gasteiger partial charge on any atom is -0.396 e.